The molecule has 0 radical (unpaired) electrons. The second kappa shape index (κ2) is 6.58. The molecule has 1 atom stereocenters. The molecular formula is C14H18F3N3O3S. The van der Waals surface area contributed by atoms with E-state index in [9.17, 15) is 26.4 Å². The van der Waals surface area contributed by atoms with E-state index >= 15 is 0 Å². The van der Waals surface area contributed by atoms with Crippen molar-refractivity contribution in [1.82, 2.24) is 9.88 Å². The van der Waals surface area contributed by atoms with Crippen molar-refractivity contribution in [3.05, 3.63) is 23.9 Å². The summed E-state index contributed by atoms with van der Waals surface area (Å²) in [6.45, 7) is 2.69. The molecule has 1 unspecified atom stereocenters. The van der Waals surface area contributed by atoms with Crippen LogP contribution in [0, 0.1) is 0 Å². The van der Waals surface area contributed by atoms with Gasteiger partial charge in [-0.15, -0.1) is 0 Å². The monoisotopic (exact) mass is 365 g/mol. The number of carbonyl (C=O) groups excluding carboxylic acids is 1. The number of aromatic nitrogens is 1. The number of hydrogen-bond donors (Lipinski definition) is 0. The van der Waals surface area contributed by atoms with Crippen LogP contribution in [0.4, 0.5) is 19.0 Å². The molecule has 1 saturated heterocycles. The average Bonchev–Trinajstić information content (AvgIpc) is 2.52. The Kier molecular flexibility index (Phi) is 5.07. The summed E-state index contributed by atoms with van der Waals surface area (Å²) in [6.07, 6.45) is -2.64. The van der Waals surface area contributed by atoms with Gasteiger partial charge in [0.1, 0.15) is 11.1 Å². The third-order valence-corrected chi connectivity index (χ3v) is 5.47. The second-order valence-electron chi connectivity index (χ2n) is 5.69. The molecule has 0 N–H and O–H groups in total. The minimum atomic E-state index is -4.43. The number of halogens is 3. The van der Waals surface area contributed by atoms with Crippen molar-refractivity contribution in [3.63, 3.8) is 0 Å². The van der Waals surface area contributed by atoms with E-state index in [4.69, 9.17) is 0 Å². The third-order valence-electron chi connectivity index (χ3n) is 3.98. The zero-order chi connectivity index (χ0) is 18.1. The number of sulfone groups is 1. The highest BCUT2D eigenvalue weighted by molar-refractivity contribution is 7.92. The molecule has 134 valence electrons. The smallest absolute Gasteiger partial charge is 0.353 e. The number of pyridine rings is 1. The first kappa shape index (κ1) is 18.5. The molecule has 2 rings (SSSR count). The Morgan fingerprint density at radius 3 is 2.21 bits per heavy atom. The molecule has 0 saturated carbocycles. The van der Waals surface area contributed by atoms with E-state index in [2.05, 4.69) is 4.98 Å². The van der Waals surface area contributed by atoms with Crippen LogP contribution < -0.4 is 4.90 Å². The average molecular weight is 365 g/mol. The second-order valence-corrected chi connectivity index (χ2v) is 8.05. The maximum absolute atomic E-state index is 12.5. The maximum Gasteiger partial charge on any atom is 0.417 e. The minimum absolute atomic E-state index is 0.293. The Hall–Kier alpha value is -1.84. The van der Waals surface area contributed by atoms with Gasteiger partial charge in [-0.2, -0.15) is 13.2 Å². The fourth-order valence-electron chi connectivity index (χ4n) is 2.34. The Morgan fingerprint density at radius 2 is 1.79 bits per heavy atom. The number of hydrogen-bond acceptors (Lipinski definition) is 5. The van der Waals surface area contributed by atoms with Gasteiger partial charge in [-0.3, -0.25) is 4.79 Å². The largest absolute Gasteiger partial charge is 0.417 e. The topological polar surface area (TPSA) is 70.6 Å². The number of carbonyl (C=O) groups is 1. The first-order valence-corrected chi connectivity index (χ1v) is 9.21. The fraction of sp³-hybridized carbons (Fsp3) is 0.571. The highest BCUT2D eigenvalue weighted by atomic mass is 32.2. The van der Waals surface area contributed by atoms with Gasteiger partial charge in [0.15, 0.2) is 9.84 Å². The van der Waals surface area contributed by atoms with Crippen LogP contribution in [0.15, 0.2) is 18.3 Å². The highest BCUT2D eigenvalue weighted by Crippen LogP contribution is 2.29. The Balaban J connectivity index is 1.99. The summed E-state index contributed by atoms with van der Waals surface area (Å²) in [5.41, 5.74) is -0.818. The van der Waals surface area contributed by atoms with Crippen molar-refractivity contribution in [3.8, 4) is 0 Å². The van der Waals surface area contributed by atoms with Crippen molar-refractivity contribution in [2.75, 3.05) is 37.3 Å². The van der Waals surface area contributed by atoms with Crippen molar-refractivity contribution in [2.24, 2.45) is 0 Å². The predicted octanol–water partition coefficient (Wildman–Crippen LogP) is 1.18. The SMILES string of the molecule is CC(C(=O)N1CCN(c2ccc(C(F)(F)F)cn2)CC1)S(C)(=O)=O. The van der Waals surface area contributed by atoms with Crippen molar-refractivity contribution in [2.45, 2.75) is 18.3 Å². The number of nitrogens with zero attached hydrogens (tertiary/aromatic N) is 3. The van der Waals surface area contributed by atoms with Crippen molar-refractivity contribution < 1.29 is 26.4 Å². The summed E-state index contributed by atoms with van der Waals surface area (Å²) in [5, 5.41) is -1.10. The molecule has 0 aliphatic carbocycles. The van der Waals surface area contributed by atoms with Crippen LogP contribution in [0.25, 0.3) is 0 Å². The van der Waals surface area contributed by atoms with E-state index in [-0.39, 0.29) is 0 Å². The van der Waals surface area contributed by atoms with Gasteiger partial charge in [-0.05, 0) is 19.1 Å². The fourth-order valence-corrected chi connectivity index (χ4v) is 2.85. The molecule has 1 aromatic rings. The zero-order valence-corrected chi connectivity index (χ0v) is 14.1. The first-order chi connectivity index (χ1) is 11.0. The Labute approximate surface area is 138 Å². The minimum Gasteiger partial charge on any atom is -0.353 e. The molecule has 2 heterocycles. The number of amides is 1. The van der Waals surface area contributed by atoms with Crippen LogP contribution in [-0.4, -0.2) is 61.9 Å². The van der Waals surface area contributed by atoms with E-state index in [0.29, 0.717) is 32.0 Å². The summed E-state index contributed by atoms with van der Waals surface area (Å²) in [5.74, 6) is -0.0659. The van der Waals surface area contributed by atoms with Gasteiger partial charge in [-0.25, -0.2) is 13.4 Å². The summed E-state index contributed by atoms with van der Waals surface area (Å²) < 4.78 is 60.5. The van der Waals surface area contributed by atoms with Crippen LogP contribution in [-0.2, 0) is 20.8 Å². The van der Waals surface area contributed by atoms with Crippen LogP contribution in [0.1, 0.15) is 12.5 Å². The lowest BCUT2D eigenvalue weighted by atomic mass is 10.2. The summed E-state index contributed by atoms with van der Waals surface area (Å²) in [6, 6.07) is 2.25. The summed E-state index contributed by atoms with van der Waals surface area (Å²) in [4.78, 5) is 19.2. The quantitative estimate of drug-likeness (QED) is 0.805. The van der Waals surface area contributed by atoms with E-state index < -0.39 is 32.7 Å². The first-order valence-electron chi connectivity index (χ1n) is 7.26. The molecule has 0 bridgehead atoms. The molecule has 10 heteroatoms. The van der Waals surface area contributed by atoms with Crippen LogP contribution in [0.5, 0.6) is 0 Å². The lowest BCUT2D eigenvalue weighted by molar-refractivity contribution is -0.137. The molecule has 24 heavy (non-hydrogen) atoms. The molecule has 1 aliphatic heterocycles. The Bertz CT molecular complexity index is 696. The molecule has 1 aromatic heterocycles. The number of alkyl halides is 3. The molecule has 0 aromatic carbocycles. The van der Waals surface area contributed by atoms with E-state index in [0.717, 1.165) is 18.5 Å². The molecule has 6 nitrogen and oxygen atoms in total. The van der Waals surface area contributed by atoms with Gasteiger partial charge in [0.05, 0.1) is 5.56 Å². The predicted molar refractivity (Wildman–Crippen MR) is 82.3 cm³/mol. The van der Waals surface area contributed by atoms with Gasteiger partial charge in [0, 0.05) is 38.6 Å². The highest BCUT2D eigenvalue weighted by Gasteiger charge is 2.32. The molecule has 1 fully saturated rings. The lowest BCUT2D eigenvalue weighted by Crippen LogP contribution is -2.52. The van der Waals surface area contributed by atoms with Crippen LogP contribution in [0.2, 0.25) is 0 Å². The normalized spacial score (nSPS) is 17.7. The van der Waals surface area contributed by atoms with E-state index in [1.54, 1.807) is 4.90 Å². The maximum atomic E-state index is 12.5. The summed E-state index contributed by atoms with van der Waals surface area (Å²) >= 11 is 0. The van der Waals surface area contributed by atoms with Gasteiger partial charge in [0.2, 0.25) is 5.91 Å². The van der Waals surface area contributed by atoms with Crippen LogP contribution >= 0.6 is 0 Å². The van der Waals surface area contributed by atoms with Gasteiger partial charge in [0.25, 0.3) is 0 Å². The van der Waals surface area contributed by atoms with Gasteiger partial charge in [-0.1, -0.05) is 0 Å². The number of piperazine rings is 1. The molecular weight excluding hydrogens is 347 g/mol. The molecule has 0 spiro atoms. The van der Waals surface area contributed by atoms with Gasteiger partial charge >= 0.3 is 6.18 Å². The summed E-state index contributed by atoms with van der Waals surface area (Å²) in [7, 11) is -3.46. The number of anilines is 1. The van der Waals surface area contributed by atoms with Crippen molar-refractivity contribution in [1.29, 1.82) is 0 Å². The van der Waals surface area contributed by atoms with Gasteiger partial charge < -0.3 is 9.80 Å². The zero-order valence-electron chi connectivity index (χ0n) is 13.2. The third kappa shape index (κ3) is 4.16. The van der Waals surface area contributed by atoms with Crippen LogP contribution in [0.3, 0.4) is 0 Å². The molecule has 1 aliphatic rings. The van der Waals surface area contributed by atoms with E-state index in [1.165, 1.54) is 17.9 Å². The van der Waals surface area contributed by atoms with E-state index in [1.807, 2.05) is 0 Å². The standard InChI is InChI=1S/C14H18F3N3O3S/c1-10(24(2,22)23)13(21)20-7-5-19(6-8-20)12-4-3-11(9-18-12)14(15,16)17/h3-4,9-10H,5-8H2,1-2H3. The van der Waals surface area contributed by atoms with Crippen molar-refractivity contribution >= 4 is 21.6 Å². The lowest BCUT2D eigenvalue weighted by Gasteiger charge is -2.36. The number of rotatable bonds is 3. The molecule has 1 amide bonds. The Morgan fingerprint density at radius 1 is 1.21 bits per heavy atom.